The van der Waals surface area contributed by atoms with E-state index in [-0.39, 0.29) is 44.0 Å². The van der Waals surface area contributed by atoms with Gasteiger partial charge in [-0.1, -0.05) is 25.8 Å². The van der Waals surface area contributed by atoms with Gasteiger partial charge in [-0.25, -0.2) is 0 Å². The fraction of sp³-hybridized carbons (Fsp3) is 0.556. The Morgan fingerprint density at radius 2 is 1.97 bits per heavy atom. The van der Waals surface area contributed by atoms with Crippen LogP contribution in [0.25, 0.3) is 0 Å². The molecule has 0 aliphatic heterocycles. The van der Waals surface area contributed by atoms with Crippen LogP contribution in [-0.4, -0.2) is 76.6 Å². The van der Waals surface area contributed by atoms with Gasteiger partial charge in [0.05, 0.1) is 29.9 Å². The average molecular weight is 629 g/mol. The monoisotopic (exact) mass is 628 g/mol. The molecule has 204 valence electrons. The molecule has 37 heavy (non-hydrogen) atoms. The second-order valence-electron chi connectivity index (χ2n) is 9.28. The Morgan fingerprint density at radius 1 is 1.24 bits per heavy atom. The van der Waals surface area contributed by atoms with Gasteiger partial charge in [0.25, 0.3) is 0 Å². The Labute approximate surface area is 231 Å². The first-order valence-electron chi connectivity index (χ1n) is 12.7. The number of allylic oxidation sites excluding steroid dienone is 1. The van der Waals surface area contributed by atoms with E-state index in [9.17, 15) is 24.9 Å². The predicted octanol–water partition coefficient (Wildman–Crippen LogP) is 2.45. The van der Waals surface area contributed by atoms with E-state index in [1.807, 2.05) is 6.92 Å². The molecule has 2 aliphatic rings. The lowest BCUT2D eigenvalue weighted by atomic mass is 9.87. The van der Waals surface area contributed by atoms with E-state index in [0.717, 1.165) is 25.7 Å². The second-order valence-corrected chi connectivity index (χ2v) is 10.4. The van der Waals surface area contributed by atoms with Gasteiger partial charge in [0.2, 0.25) is 11.8 Å². The van der Waals surface area contributed by atoms with Gasteiger partial charge in [-0.05, 0) is 71.7 Å². The predicted molar refractivity (Wildman–Crippen MR) is 147 cm³/mol. The lowest BCUT2D eigenvalue weighted by Crippen LogP contribution is -2.57. The van der Waals surface area contributed by atoms with Gasteiger partial charge in [0.15, 0.2) is 11.5 Å². The average Bonchev–Trinajstić information content (AvgIpc) is 3.43. The second kappa shape index (κ2) is 14.1. The molecule has 3 atom stereocenters. The molecule has 1 saturated carbocycles. The minimum Gasteiger partial charge on any atom is -0.493 e. The van der Waals surface area contributed by atoms with Crippen LogP contribution < -0.4 is 14.8 Å². The number of halogens is 1. The molecule has 10 heteroatoms. The number of nitrogens with one attached hydrogen (secondary N) is 1. The number of hydrogen-bond donors (Lipinski definition) is 4. The van der Waals surface area contributed by atoms with E-state index in [2.05, 4.69) is 27.9 Å². The van der Waals surface area contributed by atoms with Crippen LogP contribution in [0.15, 0.2) is 35.9 Å². The molecule has 0 saturated heterocycles. The highest BCUT2D eigenvalue weighted by Gasteiger charge is 2.43. The van der Waals surface area contributed by atoms with Crippen molar-refractivity contribution in [3.05, 3.63) is 45.1 Å². The molecule has 3 rings (SSSR count). The number of benzene rings is 1. The Morgan fingerprint density at radius 3 is 2.59 bits per heavy atom. The van der Waals surface area contributed by atoms with Gasteiger partial charge in [0.1, 0.15) is 12.2 Å². The molecule has 0 unspecified atom stereocenters. The molecule has 4 N–H and O–H groups in total. The number of carbonyl (C=O) groups excluding carboxylic acids is 2. The molecular weight excluding hydrogens is 591 g/mol. The van der Waals surface area contributed by atoms with E-state index in [1.165, 1.54) is 7.11 Å². The first-order valence-corrected chi connectivity index (χ1v) is 13.8. The summed E-state index contributed by atoms with van der Waals surface area (Å²) in [6, 6.07) is 2.70. The number of rotatable bonds is 11. The molecule has 1 aromatic carbocycles. The summed E-state index contributed by atoms with van der Waals surface area (Å²) in [4.78, 5) is 28.1. The first kappa shape index (κ1) is 29.4. The summed E-state index contributed by atoms with van der Waals surface area (Å²) in [5.74, 6) is 0.202. The van der Waals surface area contributed by atoms with Crippen molar-refractivity contribution < 1.29 is 34.4 Å². The zero-order valence-corrected chi connectivity index (χ0v) is 23.5. The Bertz CT molecular complexity index is 1010. The molecular formula is C27H37IN2O7. The molecule has 1 fully saturated rings. The highest BCUT2D eigenvalue weighted by atomic mass is 127. The minimum atomic E-state index is -1.10. The fourth-order valence-corrected chi connectivity index (χ4v) is 5.76. The summed E-state index contributed by atoms with van der Waals surface area (Å²) in [5.41, 5.74) is 1.03. The van der Waals surface area contributed by atoms with Crippen molar-refractivity contribution in [1.82, 2.24) is 10.2 Å². The normalized spacial score (nSPS) is 22.1. The van der Waals surface area contributed by atoms with E-state index < -0.39 is 18.2 Å². The highest BCUT2D eigenvalue weighted by molar-refractivity contribution is 14.1. The molecule has 2 aliphatic carbocycles. The molecule has 0 aromatic heterocycles. The Hall–Kier alpha value is -2.15. The van der Waals surface area contributed by atoms with Crippen LogP contribution in [0.4, 0.5) is 0 Å². The Balaban J connectivity index is 2.02. The van der Waals surface area contributed by atoms with Gasteiger partial charge >= 0.3 is 0 Å². The van der Waals surface area contributed by atoms with E-state index >= 15 is 0 Å². The SMILES string of the molecule is CCC=CC(=O)N(C1CCCC1)[C@@H]1CC(C(=O)NCCO)=C[C@H](Oc2c(I)cc(CO)cc2OC)[C@H]1O. The molecule has 0 spiro atoms. The van der Waals surface area contributed by atoms with Crippen LogP contribution in [0.2, 0.25) is 0 Å². The summed E-state index contributed by atoms with van der Waals surface area (Å²) >= 11 is 2.07. The van der Waals surface area contributed by atoms with Crippen molar-refractivity contribution in [2.45, 2.75) is 76.3 Å². The molecule has 1 aromatic rings. The maximum Gasteiger partial charge on any atom is 0.247 e. The number of nitrogens with zero attached hydrogens (tertiary/aromatic N) is 1. The number of aliphatic hydroxyl groups is 3. The topological polar surface area (TPSA) is 129 Å². The van der Waals surface area contributed by atoms with E-state index in [4.69, 9.17) is 9.47 Å². The number of methoxy groups -OCH3 is 1. The highest BCUT2D eigenvalue weighted by Crippen LogP contribution is 2.38. The van der Waals surface area contributed by atoms with Gasteiger partial charge in [-0.3, -0.25) is 9.59 Å². The zero-order valence-electron chi connectivity index (χ0n) is 21.4. The van der Waals surface area contributed by atoms with Crippen molar-refractivity contribution in [2.75, 3.05) is 20.3 Å². The maximum atomic E-state index is 13.4. The molecule has 2 amide bonds. The lowest BCUT2D eigenvalue weighted by molar-refractivity contribution is -0.136. The smallest absolute Gasteiger partial charge is 0.247 e. The summed E-state index contributed by atoms with van der Waals surface area (Å²) in [5, 5.41) is 33.0. The van der Waals surface area contributed by atoms with Crippen LogP contribution in [-0.2, 0) is 16.2 Å². The van der Waals surface area contributed by atoms with Crippen LogP contribution in [0, 0.1) is 3.57 Å². The van der Waals surface area contributed by atoms with Crippen LogP contribution in [0.1, 0.15) is 51.0 Å². The van der Waals surface area contributed by atoms with Crippen molar-refractivity contribution in [3.63, 3.8) is 0 Å². The quantitative estimate of drug-likeness (QED) is 0.219. The van der Waals surface area contributed by atoms with Crippen molar-refractivity contribution in [2.24, 2.45) is 0 Å². The third kappa shape index (κ3) is 7.24. The number of ether oxygens (including phenoxy) is 2. The van der Waals surface area contributed by atoms with Gasteiger partial charge < -0.3 is 35.0 Å². The summed E-state index contributed by atoms with van der Waals surface area (Å²) in [6.07, 6.45) is 7.44. The maximum absolute atomic E-state index is 13.4. The minimum absolute atomic E-state index is 0.0346. The van der Waals surface area contributed by atoms with E-state index in [1.54, 1.807) is 35.3 Å². The number of hydrogen-bond acceptors (Lipinski definition) is 7. The number of carbonyl (C=O) groups is 2. The van der Waals surface area contributed by atoms with Crippen LogP contribution >= 0.6 is 22.6 Å². The largest absolute Gasteiger partial charge is 0.493 e. The van der Waals surface area contributed by atoms with Gasteiger partial charge in [-0.15, -0.1) is 0 Å². The summed E-state index contributed by atoms with van der Waals surface area (Å²) in [6.45, 7) is 1.67. The molecule has 9 nitrogen and oxygen atoms in total. The van der Waals surface area contributed by atoms with Crippen molar-refractivity contribution >= 4 is 34.4 Å². The number of amides is 2. The third-order valence-electron chi connectivity index (χ3n) is 6.77. The number of aliphatic hydroxyl groups excluding tert-OH is 3. The summed E-state index contributed by atoms with van der Waals surface area (Å²) in [7, 11) is 1.49. The van der Waals surface area contributed by atoms with Crippen molar-refractivity contribution in [1.29, 1.82) is 0 Å². The first-order chi connectivity index (χ1) is 17.8. The molecule has 0 heterocycles. The molecule has 0 bridgehead atoms. The van der Waals surface area contributed by atoms with Crippen molar-refractivity contribution in [3.8, 4) is 11.5 Å². The standard InChI is InChI=1S/C27H37IN2O7/c1-3-4-9-24(33)30(19-7-5-6-8-19)21-14-18(27(35)29-10-11-31)15-22(25(21)34)37-26-20(28)12-17(16-32)13-23(26)36-2/h4,9,12-13,15,19,21-22,25,31-32,34H,3,5-8,10-11,14,16H2,1-2H3,(H,29,35)/t21-,22+,25+/m1/s1. The summed E-state index contributed by atoms with van der Waals surface area (Å²) < 4.78 is 12.4. The zero-order chi connectivity index (χ0) is 26.9. The van der Waals surface area contributed by atoms with Gasteiger partial charge in [0, 0.05) is 24.6 Å². The Kier molecular flexibility index (Phi) is 11.2. The van der Waals surface area contributed by atoms with E-state index in [0.29, 0.717) is 32.6 Å². The van der Waals surface area contributed by atoms with Crippen LogP contribution in [0.3, 0.4) is 0 Å². The third-order valence-corrected chi connectivity index (χ3v) is 7.57. The van der Waals surface area contributed by atoms with Crippen LogP contribution in [0.5, 0.6) is 11.5 Å². The fourth-order valence-electron chi connectivity index (χ4n) is 4.96. The van der Waals surface area contributed by atoms with Gasteiger partial charge in [-0.2, -0.15) is 0 Å². The molecule has 0 radical (unpaired) electrons. The lowest BCUT2D eigenvalue weighted by Gasteiger charge is -2.43.